The molecule has 0 saturated carbocycles. The maximum Gasteiger partial charge on any atom is 0.314 e. The smallest absolute Gasteiger partial charge is 0.314 e. The van der Waals surface area contributed by atoms with Gasteiger partial charge in [-0.05, 0) is 36.1 Å². The molecule has 0 bridgehead atoms. The summed E-state index contributed by atoms with van der Waals surface area (Å²) in [5, 5.41) is 11.1. The summed E-state index contributed by atoms with van der Waals surface area (Å²) < 4.78 is 5.42. The number of carbonyl (C=O) groups is 1. The third kappa shape index (κ3) is 2.18. The van der Waals surface area contributed by atoms with E-state index in [-0.39, 0.29) is 17.8 Å². The number of nitriles is 1. The van der Waals surface area contributed by atoms with E-state index in [4.69, 9.17) is 4.74 Å². The zero-order valence-electron chi connectivity index (χ0n) is 15.1. The quantitative estimate of drug-likeness (QED) is 0.693. The van der Waals surface area contributed by atoms with E-state index in [0.29, 0.717) is 6.61 Å². The van der Waals surface area contributed by atoms with Crippen molar-refractivity contribution in [1.29, 1.82) is 5.26 Å². The molecule has 3 aromatic rings. The van der Waals surface area contributed by atoms with Crippen LogP contribution >= 0.6 is 0 Å². The Hall–Kier alpha value is -3.06. The Morgan fingerprint density at radius 1 is 1.22 bits per heavy atom. The summed E-state index contributed by atoms with van der Waals surface area (Å²) in [6.07, 6.45) is 0.897. The number of hydrogen-bond donors (Lipinski definition) is 1. The van der Waals surface area contributed by atoms with Crippen LogP contribution in [0.1, 0.15) is 47.1 Å². The lowest BCUT2D eigenvalue weighted by atomic mass is 9.66. The zero-order chi connectivity index (χ0) is 18.5. The average Bonchev–Trinajstić information content (AvgIpc) is 3.26. The van der Waals surface area contributed by atoms with Crippen LogP contribution in [0.5, 0.6) is 0 Å². The van der Waals surface area contributed by atoms with Crippen LogP contribution in [-0.2, 0) is 16.0 Å². The van der Waals surface area contributed by atoms with Gasteiger partial charge in [-0.1, -0.05) is 42.5 Å². The number of ether oxygens (including phenoxy) is 1. The second kappa shape index (κ2) is 5.99. The Kier molecular flexibility index (Phi) is 3.58. The highest BCUT2D eigenvalue weighted by Crippen LogP contribution is 2.57. The molecule has 0 amide bonds. The van der Waals surface area contributed by atoms with Crippen molar-refractivity contribution in [3.05, 3.63) is 70.9 Å². The molecule has 1 N–H and O–H groups in total. The lowest BCUT2D eigenvalue weighted by Gasteiger charge is -2.35. The first-order chi connectivity index (χ1) is 13.2. The zero-order valence-corrected chi connectivity index (χ0v) is 15.1. The van der Waals surface area contributed by atoms with Crippen molar-refractivity contribution >= 4 is 16.9 Å². The van der Waals surface area contributed by atoms with Gasteiger partial charge in [0.2, 0.25) is 0 Å². The Bertz CT molecular complexity index is 1090. The third-order valence-corrected chi connectivity index (χ3v) is 6.18. The highest BCUT2D eigenvalue weighted by Gasteiger charge is 2.51. The summed E-state index contributed by atoms with van der Waals surface area (Å²) in [5.41, 5.74) is 5.56. The number of nitrogens with zero attached hydrogens (tertiary/aromatic N) is 1. The van der Waals surface area contributed by atoms with Crippen LogP contribution in [0.2, 0.25) is 0 Å². The third-order valence-electron chi connectivity index (χ3n) is 6.18. The Morgan fingerprint density at radius 2 is 2.00 bits per heavy atom. The van der Waals surface area contributed by atoms with Crippen LogP contribution in [0.25, 0.3) is 10.9 Å². The number of esters is 1. The Labute approximate surface area is 157 Å². The number of aromatic nitrogens is 1. The second-order valence-electron chi connectivity index (χ2n) is 7.42. The summed E-state index contributed by atoms with van der Waals surface area (Å²) in [5.74, 6) is -1.07. The molecular weight excluding hydrogens is 336 g/mol. The first-order valence-electron chi connectivity index (χ1n) is 9.49. The number of benzene rings is 2. The first-order valence-corrected chi connectivity index (χ1v) is 9.49. The van der Waals surface area contributed by atoms with Crippen molar-refractivity contribution < 1.29 is 9.53 Å². The standard InChI is InChI=1S/C23H20N2O2/c1-2-27-23(26)21-17(12-24)19-14-8-4-3-7-13(14)11-16(19)22-20(21)15-9-5-6-10-18(15)25-22/h3-10,16-17,19,21,25H,2,11H2,1H3/t16-,17-,19+,21-/m0/s1. The summed E-state index contributed by atoms with van der Waals surface area (Å²) in [6, 6.07) is 18.9. The molecule has 2 aliphatic carbocycles. The SMILES string of the molecule is CCOC(=O)[C@@H]1c2c([nH]c3ccccc23)[C@H]2Cc3ccccc3[C@H]2[C@@H]1C#N. The molecule has 0 spiro atoms. The maximum atomic E-state index is 13.0. The molecule has 4 atom stereocenters. The van der Waals surface area contributed by atoms with E-state index in [1.807, 2.05) is 43.3 Å². The molecule has 27 heavy (non-hydrogen) atoms. The van der Waals surface area contributed by atoms with Gasteiger partial charge < -0.3 is 9.72 Å². The highest BCUT2D eigenvalue weighted by molar-refractivity contribution is 5.93. The lowest BCUT2D eigenvalue weighted by Crippen LogP contribution is -2.34. The van der Waals surface area contributed by atoms with Gasteiger partial charge in [0.1, 0.15) is 5.92 Å². The number of rotatable bonds is 2. The van der Waals surface area contributed by atoms with Crippen LogP contribution in [0, 0.1) is 17.2 Å². The molecule has 1 heterocycles. The van der Waals surface area contributed by atoms with Gasteiger partial charge in [0.25, 0.3) is 0 Å². The first kappa shape index (κ1) is 16.1. The predicted octanol–water partition coefficient (Wildman–Crippen LogP) is 4.39. The monoisotopic (exact) mass is 356 g/mol. The van der Waals surface area contributed by atoms with Crippen molar-refractivity contribution in [3.8, 4) is 6.07 Å². The molecule has 2 aliphatic rings. The van der Waals surface area contributed by atoms with Crippen LogP contribution in [0.15, 0.2) is 48.5 Å². The van der Waals surface area contributed by atoms with E-state index < -0.39 is 11.8 Å². The summed E-state index contributed by atoms with van der Waals surface area (Å²) >= 11 is 0. The molecule has 134 valence electrons. The van der Waals surface area contributed by atoms with Crippen molar-refractivity contribution in [3.63, 3.8) is 0 Å². The normalized spacial score (nSPS) is 25.3. The topological polar surface area (TPSA) is 65.9 Å². The van der Waals surface area contributed by atoms with E-state index in [9.17, 15) is 10.1 Å². The predicted molar refractivity (Wildman–Crippen MR) is 102 cm³/mol. The largest absolute Gasteiger partial charge is 0.465 e. The van der Waals surface area contributed by atoms with Gasteiger partial charge in [0.15, 0.2) is 0 Å². The number of aromatic amines is 1. The van der Waals surface area contributed by atoms with Crippen LogP contribution < -0.4 is 0 Å². The summed E-state index contributed by atoms with van der Waals surface area (Å²) in [6.45, 7) is 2.13. The van der Waals surface area contributed by atoms with Gasteiger partial charge in [-0.15, -0.1) is 0 Å². The number of nitrogens with one attached hydrogen (secondary N) is 1. The molecule has 0 unspecified atom stereocenters. The minimum Gasteiger partial charge on any atom is -0.465 e. The molecule has 0 radical (unpaired) electrons. The van der Waals surface area contributed by atoms with E-state index in [1.54, 1.807) is 0 Å². The number of H-pyrrole nitrogens is 1. The van der Waals surface area contributed by atoms with Crippen LogP contribution in [0.3, 0.4) is 0 Å². The van der Waals surface area contributed by atoms with Crippen molar-refractivity contribution in [2.24, 2.45) is 5.92 Å². The second-order valence-corrected chi connectivity index (χ2v) is 7.42. The molecule has 1 aromatic heterocycles. The number of hydrogen-bond acceptors (Lipinski definition) is 3. The van der Waals surface area contributed by atoms with E-state index in [1.165, 1.54) is 11.1 Å². The molecule has 4 heteroatoms. The van der Waals surface area contributed by atoms with Gasteiger partial charge >= 0.3 is 5.97 Å². The summed E-state index contributed by atoms with van der Waals surface area (Å²) in [7, 11) is 0. The van der Waals surface area contributed by atoms with Crippen LogP contribution in [0.4, 0.5) is 0 Å². The molecule has 4 nitrogen and oxygen atoms in total. The molecular formula is C23H20N2O2. The molecule has 0 saturated heterocycles. The van der Waals surface area contributed by atoms with Crippen molar-refractivity contribution in [2.45, 2.75) is 31.1 Å². The van der Waals surface area contributed by atoms with E-state index >= 15 is 0 Å². The van der Waals surface area contributed by atoms with Gasteiger partial charge in [-0.3, -0.25) is 4.79 Å². The van der Waals surface area contributed by atoms with Crippen LogP contribution in [-0.4, -0.2) is 17.6 Å². The fourth-order valence-electron chi connectivity index (χ4n) is 5.20. The highest BCUT2D eigenvalue weighted by atomic mass is 16.5. The Morgan fingerprint density at radius 3 is 2.81 bits per heavy atom. The Balaban J connectivity index is 1.79. The molecule has 0 aliphatic heterocycles. The minimum atomic E-state index is -0.562. The maximum absolute atomic E-state index is 13.0. The van der Waals surface area contributed by atoms with Crippen molar-refractivity contribution in [1.82, 2.24) is 4.98 Å². The van der Waals surface area contributed by atoms with Gasteiger partial charge in [-0.25, -0.2) is 0 Å². The molecule has 0 fully saturated rings. The fraction of sp³-hybridized carbons (Fsp3) is 0.304. The number of fused-ring (bicyclic) bond motifs is 7. The number of para-hydroxylation sites is 1. The van der Waals surface area contributed by atoms with Crippen molar-refractivity contribution in [2.75, 3.05) is 6.61 Å². The van der Waals surface area contributed by atoms with E-state index in [0.717, 1.165) is 28.6 Å². The number of carbonyl (C=O) groups excluding carboxylic acids is 1. The van der Waals surface area contributed by atoms with Gasteiger partial charge in [0.05, 0.1) is 18.6 Å². The van der Waals surface area contributed by atoms with Gasteiger partial charge in [-0.2, -0.15) is 5.26 Å². The van der Waals surface area contributed by atoms with Gasteiger partial charge in [0, 0.05) is 28.4 Å². The molecule has 5 rings (SSSR count). The van der Waals surface area contributed by atoms with E-state index in [2.05, 4.69) is 23.2 Å². The summed E-state index contributed by atoms with van der Waals surface area (Å²) in [4.78, 5) is 16.6. The fourth-order valence-corrected chi connectivity index (χ4v) is 5.20. The molecule has 2 aromatic carbocycles. The minimum absolute atomic E-state index is 0.0150. The lowest BCUT2D eigenvalue weighted by molar-refractivity contribution is -0.146. The average molecular weight is 356 g/mol.